The van der Waals surface area contributed by atoms with Gasteiger partial charge in [0.15, 0.2) is 11.5 Å². The van der Waals surface area contributed by atoms with Crippen molar-refractivity contribution in [3.8, 4) is 11.5 Å². The van der Waals surface area contributed by atoms with Crippen molar-refractivity contribution in [1.29, 1.82) is 0 Å². The molecule has 1 aromatic carbocycles. The Balaban J connectivity index is 2.63. The van der Waals surface area contributed by atoms with Gasteiger partial charge in [0, 0.05) is 12.0 Å². The number of para-hydroxylation sites is 2. The van der Waals surface area contributed by atoms with Gasteiger partial charge < -0.3 is 20.3 Å². The first-order valence-electron chi connectivity index (χ1n) is 7.25. The number of benzene rings is 1. The molecule has 1 unspecified atom stereocenters. The first-order valence-corrected chi connectivity index (χ1v) is 7.25. The van der Waals surface area contributed by atoms with Gasteiger partial charge in [-0.25, -0.2) is 0 Å². The Bertz CT molecular complexity index is 389. The average Bonchev–Trinajstić information content (AvgIpc) is 2.45. The molecule has 0 aliphatic carbocycles. The van der Waals surface area contributed by atoms with Gasteiger partial charge in [-0.1, -0.05) is 26.0 Å². The van der Waals surface area contributed by atoms with Crippen LogP contribution in [-0.2, 0) is 0 Å². The van der Waals surface area contributed by atoms with Crippen LogP contribution in [0, 0.1) is 11.3 Å². The molecule has 0 saturated carbocycles. The summed E-state index contributed by atoms with van der Waals surface area (Å²) in [7, 11) is 0. The third kappa shape index (κ3) is 4.12. The molecule has 0 saturated heterocycles. The van der Waals surface area contributed by atoms with Gasteiger partial charge in [-0.15, -0.1) is 0 Å². The van der Waals surface area contributed by atoms with Crippen LogP contribution in [0.1, 0.15) is 27.2 Å². The predicted molar refractivity (Wildman–Crippen MR) is 81.1 cm³/mol. The Kier molecular flexibility index (Phi) is 6.82. The fraction of sp³-hybridized carbons (Fsp3) is 0.625. The van der Waals surface area contributed by atoms with E-state index in [0.29, 0.717) is 25.7 Å². The summed E-state index contributed by atoms with van der Waals surface area (Å²) in [5, 5.41) is 9.62. The van der Waals surface area contributed by atoms with Crippen LogP contribution < -0.4 is 15.2 Å². The normalized spacial score (nSPS) is 14.1. The summed E-state index contributed by atoms with van der Waals surface area (Å²) < 4.78 is 11.3. The maximum atomic E-state index is 9.62. The topological polar surface area (TPSA) is 64.7 Å². The molecule has 114 valence electrons. The second kappa shape index (κ2) is 8.12. The van der Waals surface area contributed by atoms with E-state index in [1.807, 2.05) is 31.2 Å². The van der Waals surface area contributed by atoms with Crippen molar-refractivity contribution < 1.29 is 14.6 Å². The quantitative estimate of drug-likeness (QED) is 0.729. The first-order chi connectivity index (χ1) is 9.59. The molecule has 0 bridgehead atoms. The van der Waals surface area contributed by atoms with Crippen LogP contribution in [0.15, 0.2) is 24.3 Å². The van der Waals surface area contributed by atoms with Crippen molar-refractivity contribution in [2.24, 2.45) is 17.1 Å². The van der Waals surface area contributed by atoms with Crippen LogP contribution in [0.4, 0.5) is 0 Å². The zero-order valence-corrected chi connectivity index (χ0v) is 12.8. The molecular formula is C16H27NO3. The van der Waals surface area contributed by atoms with Crippen LogP contribution in [-0.4, -0.2) is 31.5 Å². The lowest BCUT2D eigenvalue weighted by Gasteiger charge is -2.34. The van der Waals surface area contributed by atoms with Gasteiger partial charge in [0.1, 0.15) is 0 Å². The number of aliphatic hydroxyl groups excluding tert-OH is 1. The lowest BCUT2D eigenvalue weighted by atomic mass is 9.75. The van der Waals surface area contributed by atoms with Gasteiger partial charge in [-0.3, -0.25) is 0 Å². The number of hydrogen-bond acceptors (Lipinski definition) is 4. The minimum absolute atomic E-state index is 0.0810. The van der Waals surface area contributed by atoms with Crippen LogP contribution in [0.3, 0.4) is 0 Å². The molecule has 4 heteroatoms. The Morgan fingerprint density at radius 2 is 1.80 bits per heavy atom. The average molecular weight is 281 g/mol. The molecule has 1 atom stereocenters. The molecule has 0 aliphatic heterocycles. The summed E-state index contributed by atoms with van der Waals surface area (Å²) >= 11 is 0. The fourth-order valence-corrected chi connectivity index (χ4v) is 2.16. The van der Waals surface area contributed by atoms with Crippen molar-refractivity contribution >= 4 is 0 Å². The summed E-state index contributed by atoms with van der Waals surface area (Å²) in [4.78, 5) is 0. The van der Waals surface area contributed by atoms with E-state index in [1.165, 1.54) is 0 Å². The molecule has 1 rings (SSSR count). The molecule has 0 amide bonds. The second-order valence-corrected chi connectivity index (χ2v) is 5.36. The molecule has 0 aromatic heterocycles. The number of rotatable bonds is 9. The van der Waals surface area contributed by atoms with Crippen molar-refractivity contribution in [2.75, 3.05) is 26.4 Å². The van der Waals surface area contributed by atoms with E-state index in [-0.39, 0.29) is 12.0 Å². The van der Waals surface area contributed by atoms with E-state index < -0.39 is 0 Å². The monoisotopic (exact) mass is 281 g/mol. The number of aliphatic hydroxyl groups is 1. The maximum Gasteiger partial charge on any atom is 0.161 e. The lowest BCUT2D eigenvalue weighted by molar-refractivity contribution is 0.0591. The van der Waals surface area contributed by atoms with E-state index in [0.717, 1.165) is 17.9 Å². The van der Waals surface area contributed by atoms with Crippen molar-refractivity contribution in [2.45, 2.75) is 27.2 Å². The molecule has 1 aromatic rings. The molecule has 0 fully saturated rings. The third-order valence-corrected chi connectivity index (χ3v) is 3.95. The van der Waals surface area contributed by atoms with Gasteiger partial charge >= 0.3 is 0 Å². The fourth-order valence-electron chi connectivity index (χ4n) is 2.16. The van der Waals surface area contributed by atoms with E-state index >= 15 is 0 Å². The highest BCUT2D eigenvalue weighted by atomic mass is 16.5. The SMILES string of the molecule is CCOc1ccccc1OCCC(CN)(CO)C(C)C. The van der Waals surface area contributed by atoms with E-state index in [2.05, 4.69) is 13.8 Å². The molecular weight excluding hydrogens is 254 g/mol. The maximum absolute atomic E-state index is 9.62. The van der Waals surface area contributed by atoms with Crippen molar-refractivity contribution in [3.63, 3.8) is 0 Å². The lowest BCUT2D eigenvalue weighted by Crippen LogP contribution is -2.40. The smallest absolute Gasteiger partial charge is 0.161 e. The van der Waals surface area contributed by atoms with Gasteiger partial charge in [0.05, 0.1) is 19.8 Å². The van der Waals surface area contributed by atoms with Crippen molar-refractivity contribution in [1.82, 2.24) is 0 Å². The molecule has 0 radical (unpaired) electrons. The standard InChI is InChI=1S/C16H27NO3/c1-4-19-14-7-5-6-8-15(14)20-10-9-16(11-17,12-18)13(2)3/h5-8,13,18H,4,9-12,17H2,1-3H3. The highest BCUT2D eigenvalue weighted by Gasteiger charge is 2.31. The van der Waals surface area contributed by atoms with Gasteiger partial charge in [-0.05, 0) is 31.4 Å². The predicted octanol–water partition coefficient (Wildman–Crippen LogP) is 2.45. The summed E-state index contributed by atoms with van der Waals surface area (Å²) in [6.45, 7) is 7.76. The molecule has 3 N–H and O–H groups in total. The zero-order valence-electron chi connectivity index (χ0n) is 12.8. The molecule has 4 nitrogen and oxygen atoms in total. The van der Waals surface area contributed by atoms with Gasteiger partial charge in [0.2, 0.25) is 0 Å². The van der Waals surface area contributed by atoms with Crippen LogP contribution in [0.25, 0.3) is 0 Å². The Hall–Kier alpha value is -1.26. The van der Waals surface area contributed by atoms with E-state index in [9.17, 15) is 5.11 Å². The molecule has 0 spiro atoms. The van der Waals surface area contributed by atoms with Gasteiger partial charge in [-0.2, -0.15) is 0 Å². The summed E-state index contributed by atoms with van der Waals surface area (Å²) in [6, 6.07) is 7.62. The summed E-state index contributed by atoms with van der Waals surface area (Å²) in [5.41, 5.74) is 5.56. The second-order valence-electron chi connectivity index (χ2n) is 5.36. The highest BCUT2D eigenvalue weighted by Crippen LogP contribution is 2.31. The zero-order chi connectivity index (χ0) is 15.0. The largest absolute Gasteiger partial charge is 0.490 e. The van der Waals surface area contributed by atoms with Gasteiger partial charge in [0.25, 0.3) is 0 Å². The number of ether oxygens (including phenoxy) is 2. The summed E-state index contributed by atoms with van der Waals surface area (Å²) in [6.07, 6.45) is 0.720. The molecule has 0 aliphatic rings. The minimum atomic E-state index is -0.277. The van der Waals surface area contributed by atoms with Crippen LogP contribution >= 0.6 is 0 Å². The number of nitrogens with two attached hydrogens (primary N) is 1. The Morgan fingerprint density at radius 1 is 1.20 bits per heavy atom. The summed E-state index contributed by atoms with van der Waals surface area (Å²) in [5.74, 6) is 1.80. The van der Waals surface area contributed by atoms with Crippen LogP contribution in [0.2, 0.25) is 0 Å². The molecule has 20 heavy (non-hydrogen) atoms. The minimum Gasteiger partial charge on any atom is -0.490 e. The third-order valence-electron chi connectivity index (χ3n) is 3.95. The van der Waals surface area contributed by atoms with E-state index in [1.54, 1.807) is 0 Å². The first kappa shape index (κ1) is 16.8. The van der Waals surface area contributed by atoms with E-state index in [4.69, 9.17) is 15.2 Å². The number of hydrogen-bond donors (Lipinski definition) is 2. The Labute approximate surface area is 121 Å². The molecule has 0 heterocycles. The van der Waals surface area contributed by atoms with Crippen LogP contribution in [0.5, 0.6) is 11.5 Å². The Morgan fingerprint density at radius 3 is 2.25 bits per heavy atom. The highest BCUT2D eigenvalue weighted by molar-refractivity contribution is 5.39. The van der Waals surface area contributed by atoms with Crippen molar-refractivity contribution in [3.05, 3.63) is 24.3 Å².